The maximum Gasteiger partial charge on any atom is 0.294 e. The van der Waals surface area contributed by atoms with Crippen LogP contribution in [0.4, 0.5) is 5.69 Å². The predicted octanol–water partition coefficient (Wildman–Crippen LogP) is 2.66. The van der Waals surface area contributed by atoms with Crippen LogP contribution in [0.25, 0.3) is 5.69 Å². The summed E-state index contributed by atoms with van der Waals surface area (Å²) in [5, 5.41) is 11.0. The Balaban J connectivity index is 2.66. The number of nitrogens with zero attached hydrogens (tertiary/aromatic N) is 3. The number of halogens is 1. The lowest BCUT2D eigenvalue weighted by molar-refractivity contribution is -0.384. The zero-order chi connectivity index (χ0) is 13.3. The van der Waals surface area contributed by atoms with Crippen molar-refractivity contribution in [1.29, 1.82) is 0 Å². The topological polar surface area (TPSA) is 78.0 Å². The standard InChI is InChI=1S/C11H8BrN3O3/c1-7-13-9(6-16)5-14(7)10-3-2-8(12)4-11(10)15(17)18/h2-6H,1H3. The summed E-state index contributed by atoms with van der Waals surface area (Å²) in [6.45, 7) is 1.68. The van der Waals surface area contributed by atoms with Gasteiger partial charge in [0.25, 0.3) is 5.69 Å². The van der Waals surface area contributed by atoms with Gasteiger partial charge in [0.05, 0.1) is 4.92 Å². The molecule has 0 unspecified atom stereocenters. The first kappa shape index (κ1) is 12.4. The van der Waals surface area contributed by atoms with E-state index in [0.29, 0.717) is 22.3 Å². The van der Waals surface area contributed by atoms with Gasteiger partial charge >= 0.3 is 0 Å². The molecule has 1 heterocycles. The van der Waals surface area contributed by atoms with Crippen molar-refractivity contribution in [3.8, 4) is 5.69 Å². The van der Waals surface area contributed by atoms with Gasteiger partial charge < -0.3 is 0 Å². The second-order valence-corrected chi connectivity index (χ2v) is 4.51. The molecule has 7 heteroatoms. The number of nitro benzene ring substituents is 1. The number of carbonyl (C=O) groups is 1. The highest BCUT2D eigenvalue weighted by molar-refractivity contribution is 9.10. The largest absolute Gasteiger partial charge is 0.297 e. The molecule has 0 amide bonds. The van der Waals surface area contributed by atoms with Gasteiger partial charge in [-0.25, -0.2) is 4.98 Å². The molecule has 0 fully saturated rings. The number of benzene rings is 1. The Labute approximate surface area is 111 Å². The average molecular weight is 310 g/mol. The Hall–Kier alpha value is -2.02. The molecule has 6 nitrogen and oxygen atoms in total. The Morgan fingerprint density at radius 2 is 2.22 bits per heavy atom. The average Bonchev–Trinajstić information content (AvgIpc) is 2.70. The molecule has 0 radical (unpaired) electrons. The van der Waals surface area contributed by atoms with Crippen LogP contribution in [0.1, 0.15) is 16.3 Å². The molecule has 0 spiro atoms. The van der Waals surface area contributed by atoms with E-state index in [-0.39, 0.29) is 11.4 Å². The van der Waals surface area contributed by atoms with Crippen LogP contribution in [0.2, 0.25) is 0 Å². The predicted molar refractivity (Wildman–Crippen MR) is 68.0 cm³/mol. The molecule has 0 N–H and O–H groups in total. The van der Waals surface area contributed by atoms with Gasteiger partial charge in [-0.3, -0.25) is 19.5 Å². The van der Waals surface area contributed by atoms with Gasteiger partial charge in [0, 0.05) is 16.7 Å². The van der Waals surface area contributed by atoms with Crippen molar-refractivity contribution >= 4 is 27.9 Å². The Bertz CT molecular complexity index is 636. The number of aromatic nitrogens is 2. The highest BCUT2D eigenvalue weighted by Gasteiger charge is 2.17. The summed E-state index contributed by atoms with van der Waals surface area (Å²) >= 11 is 3.19. The summed E-state index contributed by atoms with van der Waals surface area (Å²) in [4.78, 5) is 25.2. The molecule has 1 aromatic carbocycles. The minimum absolute atomic E-state index is 0.0534. The smallest absolute Gasteiger partial charge is 0.294 e. The number of rotatable bonds is 3. The van der Waals surface area contributed by atoms with Crippen molar-refractivity contribution in [2.75, 3.05) is 0 Å². The third-order valence-corrected chi connectivity index (χ3v) is 2.91. The molecule has 0 aliphatic carbocycles. The lowest BCUT2D eigenvalue weighted by Gasteiger charge is -2.05. The SMILES string of the molecule is Cc1nc(C=O)cn1-c1ccc(Br)cc1[N+](=O)[O-]. The summed E-state index contributed by atoms with van der Waals surface area (Å²) < 4.78 is 2.14. The summed E-state index contributed by atoms with van der Waals surface area (Å²) in [7, 11) is 0. The molecule has 92 valence electrons. The second kappa shape index (κ2) is 4.69. The molecule has 0 bridgehead atoms. The van der Waals surface area contributed by atoms with E-state index >= 15 is 0 Å². The number of aryl methyl sites for hydroxylation is 1. The quantitative estimate of drug-likeness (QED) is 0.496. The molecular formula is C11H8BrN3O3. The van der Waals surface area contributed by atoms with Gasteiger partial charge in [0.2, 0.25) is 0 Å². The number of hydrogen-bond acceptors (Lipinski definition) is 4. The minimum atomic E-state index is -0.472. The molecule has 0 aliphatic rings. The number of aldehydes is 1. The second-order valence-electron chi connectivity index (χ2n) is 3.59. The van der Waals surface area contributed by atoms with Gasteiger partial charge in [-0.15, -0.1) is 0 Å². The third-order valence-electron chi connectivity index (χ3n) is 2.42. The Kier molecular flexibility index (Phi) is 3.24. The van der Waals surface area contributed by atoms with E-state index in [2.05, 4.69) is 20.9 Å². The first-order chi connectivity index (χ1) is 8.52. The fourth-order valence-electron chi connectivity index (χ4n) is 1.64. The molecule has 0 aliphatic heterocycles. The monoisotopic (exact) mass is 309 g/mol. The normalized spacial score (nSPS) is 10.3. The van der Waals surface area contributed by atoms with E-state index in [9.17, 15) is 14.9 Å². The summed E-state index contributed by atoms with van der Waals surface area (Å²) in [5.41, 5.74) is 0.563. The molecule has 2 aromatic rings. The zero-order valence-electron chi connectivity index (χ0n) is 9.33. The summed E-state index contributed by atoms with van der Waals surface area (Å²) in [6.07, 6.45) is 2.08. The van der Waals surface area contributed by atoms with Gasteiger partial charge in [0.1, 0.15) is 17.2 Å². The van der Waals surface area contributed by atoms with Crippen LogP contribution in [0.3, 0.4) is 0 Å². The van der Waals surface area contributed by atoms with E-state index in [4.69, 9.17) is 0 Å². The number of nitro groups is 1. The fraction of sp³-hybridized carbons (Fsp3) is 0.0909. The van der Waals surface area contributed by atoms with Crippen LogP contribution < -0.4 is 0 Å². The number of imidazole rings is 1. The molecule has 18 heavy (non-hydrogen) atoms. The van der Waals surface area contributed by atoms with E-state index in [1.54, 1.807) is 19.1 Å². The van der Waals surface area contributed by atoms with E-state index in [1.807, 2.05) is 0 Å². The first-order valence-electron chi connectivity index (χ1n) is 4.98. The van der Waals surface area contributed by atoms with Gasteiger partial charge in [-0.2, -0.15) is 0 Å². The molecule has 0 atom stereocenters. The Morgan fingerprint density at radius 3 is 2.78 bits per heavy atom. The number of carbonyl (C=O) groups excluding carboxylic acids is 1. The van der Waals surface area contributed by atoms with Crippen LogP contribution in [0.15, 0.2) is 28.9 Å². The molecule has 2 rings (SSSR count). The maximum atomic E-state index is 11.0. The van der Waals surface area contributed by atoms with Crippen molar-refractivity contribution in [2.24, 2.45) is 0 Å². The lowest BCUT2D eigenvalue weighted by Crippen LogP contribution is -2.01. The van der Waals surface area contributed by atoms with Crippen LogP contribution in [0.5, 0.6) is 0 Å². The van der Waals surface area contributed by atoms with E-state index in [0.717, 1.165) is 0 Å². The molecule has 0 saturated carbocycles. The van der Waals surface area contributed by atoms with Crippen LogP contribution in [-0.2, 0) is 0 Å². The van der Waals surface area contributed by atoms with Crippen LogP contribution in [-0.4, -0.2) is 20.8 Å². The highest BCUT2D eigenvalue weighted by atomic mass is 79.9. The first-order valence-corrected chi connectivity index (χ1v) is 5.77. The maximum absolute atomic E-state index is 11.0. The third kappa shape index (κ3) is 2.17. The Morgan fingerprint density at radius 1 is 1.50 bits per heavy atom. The summed E-state index contributed by atoms with van der Waals surface area (Å²) in [5.74, 6) is 0.516. The molecule has 0 saturated heterocycles. The van der Waals surface area contributed by atoms with Crippen LogP contribution in [0, 0.1) is 17.0 Å². The van der Waals surface area contributed by atoms with Gasteiger partial charge in [-0.05, 0) is 19.1 Å². The van der Waals surface area contributed by atoms with Crippen molar-refractivity contribution in [1.82, 2.24) is 9.55 Å². The van der Waals surface area contributed by atoms with Crippen molar-refractivity contribution in [3.63, 3.8) is 0 Å². The molecule has 1 aromatic heterocycles. The van der Waals surface area contributed by atoms with Crippen LogP contribution >= 0.6 is 15.9 Å². The number of hydrogen-bond donors (Lipinski definition) is 0. The molecular weight excluding hydrogens is 302 g/mol. The fourth-order valence-corrected chi connectivity index (χ4v) is 1.99. The van der Waals surface area contributed by atoms with E-state index in [1.165, 1.54) is 16.8 Å². The minimum Gasteiger partial charge on any atom is -0.297 e. The van der Waals surface area contributed by atoms with E-state index < -0.39 is 4.92 Å². The lowest BCUT2D eigenvalue weighted by atomic mass is 10.2. The van der Waals surface area contributed by atoms with Gasteiger partial charge in [-0.1, -0.05) is 15.9 Å². The van der Waals surface area contributed by atoms with Gasteiger partial charge in [0.15, 0.2) is 6.29 Å². The summed E-state index contributed by atoms with van der Waals surface area (Å²) in [6, 6.07) is 4.71. The van der Waals surface area contributed by atoms with Crippen molar-refractivity contribution in [3.05, 3.63) is 50.5 Å². The van der Waals surface area contributed by atoms with Crippen molar-refractivity contribution < 1.29 is 9.72 Å². The zero-order valence-corrected chi connectivity index (χ0v) is 10.9. The van der Waals surface area contributed by atoms with Crippen molar-refractivity contribution in [2.45, 2.75) is 6.92 Å². The highest BCUT2D eigenvalue weighted by Crippen LogP contribution is 2.27.